The molecule has 0 aliphatic carbocycles. The highest BCUT2D eigenvalue weighted by molar-refractivity contribution is 5.67. The Morgan fingerprint density at radius 2 is 1.68 bits per heavy atom. The van der Waals surface area contributed by atoms with Crippen LogP contribution in [0.4, 0.5) is 23.8 Å². The number of ether oxygens (including phenoxy) is 2. The number of hydrogen-bond donors (Lipinski definition) is 0. The third kappa shape index (κ3) is 5.85. The Hall–Kier alpha value is -3.39. The van der Waals surface area contributed by atoms with Crippen molar-refractivity contribution in [1.82, 2.24) is 24.3 Å². The minimum Gasteiger partial charge on any atom is -0.445 e. The molecule has 1 aromatic heterocycles. The summed E-state index contributed by atoms with van der Waals surface area (Å²) in [4.78, 5) is 33.0. The lowest BCUT2D eigenvalue weighted by Gasteiger charge is -2.39. The van der Waals surface area contributed by atoms with Crippen molar-refractivity contribution in [2.45, 2.75) is 37.8 Å². The van der Waals surface area contributed by atoms with Gasteiger partial charge in [-0.15, -0.1) is 0 Å². The van der Waals surface area contributed by atoms with Gasteiger partial charge in [0.05, 0.1) is 12.1 Å². The molecule has 1 spiro atoms. The van der Waals surface area contributed by atoms with E-state index in [4.69, 9.17) is 9.47 Å². The molecule has 0 unspecified atom stereocenters. The summed E-state index contributed by atoms with van der Waals surface area (Å²) in [5.41, 5.74) is -0.580. The van der Waals surface area contributed by atoms with Crippen molar-refractivity contribution < 1.29 is 32.4 Å². The highest BCUT2D eigenvalue weighted by atomic mass is 19.4. The highest BCUT2D eigenvalue weighted by Crippen LogP contribution is 2.37. The van der Waals surface area contributed by atoms with Crippen molar-refractivity contribution in [2.75, 3.05) is 52.4 Å². The summed E-state index contributed by atoms with van der Waals surface area (Å²) in [6.07, 6.45) is -1.78. The Morgan fingerprint density at radius 1 is 1.05 bits per heavy atom. The molecule has 1 amide bonds. The molecule has 2 aromatic rings. The van der Waals surface area contributed by atoms with E-state index in [2.05, 4.69) is 14.8 Å². The van der Waals surface area contributed by atoms with E-state index in [1.807, 2.05) is 0 Å². The van der Waals surface area contributed by atoms with Crippen molar-refractivity contribution in [2.24, 2.45) is 0 Å². The predicted molar refractivity (Wildman–Crippen MR) is 128 cm³/mol. The van der Waals surface area contributed by atoms with Crippen molar-refractivity contribution in [3.05, 3.63) is 51.7 Å². The molecule has 0 radical (unpaired) electrons. The number of nitrogens with zero attached hydrogens (tertiary/aromatic N) is 6. The van der Waals surface area contributed by atoms with Gasteiger partial charge in [-0.25, -0.2) is 4.79 Å². The first-order valence-electron chi connectivity index (χ1n) is 12.5. The van der Waals surface area contributed by atoms with E-state index in [1.54, 1.807) is 9.47 Å². The number of rotatable bonds is 6. The van der Waals surface area contributed by atoms with Crippen molar-refractivity contribution in [3.8, 4) is 6.01 Å². The lowest BCUT2D eigenvalue weighted by Crippen LogP contribution is -2.52. The van der Waals surface area contributed by atoms with Crippen LogP contribution in [-0.2, 0) is 24.1 Å². The molecule has 0 atom stereocenters. The van der Waals surface area contributed by atoms with Gasteiger partial charge in [-0.3, -0.25) is 9.47 Å². The van der Waals surface area contributed by atoms with Gasteiger partial charge in [0.15, 0.2) is 0 Å². The quantitative estimate of drug-likeness (QED) is 0.408. The molecule has 0 saturated carbocycles. The molecule has 206 valence electrons. The number of fused-ring (bicyclic) bond motifs is 1. The van der Waals surface area contributed by atoms with Crippen LogP contribution < -0.4 is 4.74 Å². The number of halogens is 3. The van der Waals surface area contributed by atoms with Gasteiger partial charge in [-0.1, -0.05) is 12.1 Å². The fourth-order valence-electron chi connectivity index (χ4n) is 5.11. The summed E-state index contributed by atoms with van der Waals surface area (Å²) in [6, 6.07) is 4.91. The van der Waals surface area contributed by atoms with Crippen molar-refractivity contribution >= 4 is 11.9 Å². The van der Waals surface area contributed by atoms with Gasteiger partial charge in [0.2, 0.25) is 0 Å². The predicted octanol–water partition coefficient (Wildman–Crippen LogP) is 2.99. The van der Waals surface area contributed by atoms with E-state index in [0.717, 1.165) is 64.2 Å². The smallest absolute Gasteiger partial charge is 0.416 e. The van der Waals surface area contributed by atoms with E-state index < -0.39 is 22.8 Å². The maximum absolute atomic E-state index is 12.7. The number of alkyl halides is 3. The maximum Gasteiger partial charge on any atom is 0.416 e. The summed E-state index contributed by atoms with van der Waals surface area (Å²) in [6.45, 7) is 6.49. The Labute approximate surface area is 216 Å². The lowest BCUT2D eigenvalue weighted by molar-refractivity contribution is -0.389. The number of piperazine rings is 1. The maximum atomic E-state index is 12.7. The largest absolute Gasteiger partial charge is 0.445 e. The monoisotopic (exact) mass is 538 g/mol. The first-order chi connectivity index (χ1) is 18.1. The summed E-state index contributed by atoms with van der Waals surface area (Å²) in [7, 11) is 0. The molecular formula is C24H29F3N6O5. The topological polar surface area (TPSA) is 106 Å². The van der Waals surface area contributed by atoms with Gasteiger partial charge in [-0.2, -0.15) is 13.2 Å². The minimum atomic E-state index is -4.40. The molecule has 2 saturated heterocycles. The van der Waals surface area contributed by atoms with Crippen LogP contribution in [0.5, 0.6) is 6.01 Å². The fraction of sp³-hybridized carbons (Fsp3) is 0.583. The molecule has 3 aliphatic heterocycles. The van der Waals surface area contributed by atoms with Crippen LogP contribution in [0.3, 0.4) is 0 Å². The number of imidazole rings is 1. The molecule has 0 bridgehead atoms. The summed E-state index contributed by atoms with van der Waals surface area (Å²) in [5, 5.41) is 10.9. The Kier molecular flexibility index (Phi) is 7.18. The van der Waals surface area contributed by atoms with Crippen LogP contribution in [0.15, 0.2) is 30.5 Å². The molecule has 5 rings (SSSR count). The van der Waals surface area contributed by atoms with E-state index in [1.165, 1.54) is 18.3 Å². The van der Waals surface area contributed by atoms with Gasteiger partial charge in [0.1, 0.15) is 18.4 Å². The highest BCUT2D eigenvalue weighted by Gasteiger charge is 2.45. The van der Waals surface area contributed by atoms with Gasteiger partial charge < -0.3 is 29.4 Å². The molecule has 0 N–H and O–H groups in total. The number of aromatic nitrogens is 2. The number of likely N-dealkylation sites (tertiary alicyclic amines) is 1. The van der Waals surface area contributed by atoms with Crippen LogP contribution in [-0.4, -0.2) is 93.2 Å². The summed E-state index contributed by atoms with van der Waals surface area (Å²) >= 11 is 0. The fourth-order valence-corrected chi connectivity index (χ4v) is 5.11. The second-order valence-corrected chi connectivity index (χ2v) is 9.97. The average molecular weight is 539 g/mol. The third-order valence-electron chi connectivity index (χ3n) is 7.45. The molecule has 1 aromatic carbocycles. The van der Waals surface area contributed by atoms with Crippen LogP contribution in [0.1, 0.15) is 24.0 Å². The Balaban J connectivity index is 0.985. The van der Waals surface area contributed by atoms with E-state index in [9.17, 15) is 28.1 Å². The number of piperidine rings is 1. The first kappa shape index (κ1) is 26.2. The first-order valence-corrected chi connectivity index (χ1v) is 12.5. The number of carbonyl (C=O) groups excluding carboxylic acids is 1. The molecule has 38 heavy (non-hydrogen) atoms. The zero-order valence-electron chi connectivity index (χ0n) is 20.7. The Morgan fingerprint density at radius 3 is 2.26 bits per heavy atom. The van der Waals surface area contributed by atoms with Crippen molar-refractivity contribution in [1.29, 1.82) is 0 Å². The van der Waals surface area contributed by atoms with Crippen LogP contribution >= 0.6 is 0 Å². The van der Waals surface area contributed by atoms with Gasteiger partial charge in [0, 0.05) is 70.2 Å². The standard InChI is InChI=1S/C24H29F3N6O5/c25-24(26,27)19-3-1-18(2-4-19)16-37-22(34)31-13-11-30(12-14-31)10-9-29-7-5-23(6-8-29)17-32-15-20(33(35)36)28-21(32)38-23/h1-4,15H,5-14,16-17H2. The van der Waals surface area contributed by atoms with E-state index >= 15 is 0 Å². The van der Waals surface area contributed by atoms with E-state index in [-0.39, 0.29) is 18.0 Å². The van der Waals surface area contributed by atoms with Crippen molar-refractivity contribution in [3.63, 3.8) is 0 Å². The van der Waals surface area contributed by atoms with Gasteiger partial charge in [0.25, 0.3) is 0 Å². The molecular weight excluding hydrogens is 509 g/mol. The van der Waals surface area contributed by atoms with Crippen LogP contribution in [0.2, 0.25) is 0 Å². The van der Waals surface area contributed by atoms with Gasteiger partial charge in [-0.05, 0) is 22.6 Å². The molecule has 3 aliphatic rings. The van der Waals surface area contributed by atoms with E-state index in [0.29, 0.717) is 31.2 Å². The SMILES string of the molecule is O=C(OCc1ccc(C(F)(F)F)cc1)N1CCN(CCN2CCC3(CC2)Cn2cc([N+](=O)[O-])nc2O3)CC1. The number of benzene rings is 1. The number of carbonyl (C=O) groups is 1. The minimum absolute atomic E-state index is 0.0738. The Bertz CT molecular complexity index is 1130. The van der Waals surface area contributed by atoms with Crippen LogP contribution in [0, 0.1) is 10.1 Å². The lowest BCUT2D eigenvalue weighted by atomic mass is 9.91. The number of nitro groups is 1. The molecule has 14 heteroatoms. The van der Waals surface area contributed by atoms with Gasteiger partial charge >= 0.3 is 24.1 Å². The molecule has 2 fully saturated rings. The van der Waals surface area contributed by atoms with Crippen LogP contribution in [0.25, 0.3) is 0 Å². The normalized spacial score (nSPS) is 19.8. The third-order valence-corrected chi connectivity index (χ3v) is 7.45. The number of hydrogen-bond acceptors (Lipinski definition) is 8. The second-order valence-electron chi connectivity index (χ2n) is 9.97. The zero-order valence-corrected chi connectivity index (χ0v) is 20.7. The summed E-state index contributed by atoms with van der Waals surface area (Å²) < 4.78 is 51.1. The zero-order chi connectivity index (χ0) is 26.9. The molecule has 11 nitrogen and oxygen atoms in total. The molecule has 4 heterocycles. The second kappa shape index (κ2) is 10.4. The summed E-state index contributed by atoms with van der Waals surface area (Å²) in [5.74, 6) is -0.195. The average Bonchev–Trinajstić information content (AvgIpc) is 3.43. The number of amides is 1.